The molecule has 0 bridgehead atoms. The third kappa shape index (κ3) is 2.40. The van der Waals surface area contributed by atoms with E-state index < -0.39 is 0 Å². The highest BCUT2D eigenvalue weighted by Gasteiger charge is 2.19. The molecule has 7 heteroatoms. The third-order valence-corrected chi connectivity index (χ3v) is 4.67. The van der Waals surface area contributed by atoms with Crippen molar-refractivity contribution in [1.82, 2.24) is 19.3 Å². The van der Waals surface area contributed by atoms with Crippen molar-refractivity contribution in [3.63, 3.8) is 0 Å². The molecule has 0 saturated heterocycles. The lowest BCUT2D eigenvalue weighted by Crippen LogP contribution is -1.93. The zero-order chi connectivity index (χ0) is 16.8. The smallest absolute Gasteiger partial charge is 0.231 e. The summed E-state index contributed by atoms with van der Waals surface area (Å²) in [7, 11) is 0. The number of hydrogen-bond donors (Lipinski definition) is 0. The molecule has 6 nitrogen and oxygen atoms in total. The number of hydrogen-bond acceptors (Lipinski definition) is 7. The molecular formula is C18H12N4O2S. The summed E-state index contributed by atoms with van der Waals surface area (Å²) in [4.78, 5) is 13.7. The van der Waals surface area contributed by atoms with Crippen LogP contribution in [0.4, 0.5) is 0 Å². The Morgan fingerprint density at radius 2 is 1.84 bits per heavy atom. The fraction of sp³-hybridized carbons (Fsp3) is 0.111. The summed E-state index contributed by atoms with van der Waals surface area (Å²) in [6.07, 6.45) is 5.36. The van der Waals surface area contributed by atoms with Crippen molar-refractivity contribution in [3.05, 3.63) is 47.9 Å². The first-order chi connectivity index (χ1) is 12.3. The lowest BCUT2D eigenvalue weighted by Gasteiger charge is -2.10. The Bertz CT molecular complexity index is 1080. The van der Waals surface area contributed by atoms with Gasteiger partial charge >= 0.3 is 0 Å². The number of rotatable bonds is 2. The number of pyridine rings is 1. The van der Waals surface area contributed by atoms with Crippen LogP contribution in [0.2, 0.25) is 0 Å². The maximum Gasteiger partial charge on any atom is 0.231 e. The Morgan fingerprint density at radius 3 is 2.60 bits per heavy atom. The summed E-state index contributed by atoms with van der Waals surface area (Å²) in [6, 6.07) is 5.89. The molecule has 1 aliphatic heterocycles. The van der Waals surface area contributed by atoms with Crippen LogP contribution in [-0.2, 0) is 0 Å². The zero-order valence-electron chi connectivity index (χ0n) is 13.3. The summed E-state index contributed by atoms with van der Waals surface area (Å²) >= 11 is 1.40. The quantitative estimate of drug-likeness (QED) is 0.548. The molecule has 1 aliphatic rings. The maximum absolute atomic E-state index is 5.52. The number of ether oxygens (including phenoxy) is 2. The highest BCUT2D eigenvalue weighted by Crippen LogP contribution is 2.40. The van der Waals surface area contributed by atoms with Gasteiger partial charge in [0.1, 0.15) is 0 Å². The minimum atomic E-state index is 0.229. The summed E-state index contributed by atoms with van der Waals surface area (Å²) < 4.78 is 15.2. The molecule has 0 radical (unpaired) electrons. The Hall–Kier alpha value is -3.06. The second kappa shape index (κ2) is 5.49. The predicted octanol–water partition coefficient (Wildman–Crippen LogP) is 3.85. The highest BCUT2D eigenvalue weighted by molar-refractivity contribution is 7.03. The van der Waals surface area contributed by atoms with Gasteiger partial charge in [0.15, 0.2) is 11.5 Å². The molecule has 122 valence electrons. The van der Waals surface area contributed by atoms with E-state index in [1.165, 1.54) is 11.5 Å². The summed E-state index contributed by atoms with van der Waals surface area (Å²) in [5.74, 6) is 1.43. The fourth-order valence-corrected chi connectivity index (χ4v) is 3.37. The monoisotopic (exact) mass is 348 g/mol. The Balaban J connectivity index is 1.82. The molecule has 0 fully saturated rings. The van der Waals surface area contributed by atoms with Crippen LogP contribution in [0.5, 0.6) is 11.5 Å². The third-order valence-electron chi connectivity index (χ3n) is 4.09. The van der Waals surface area contributed by atoms with Gasteiger partial charge < -0.3 is 9.47 Å². The van der Waals surface area contributed by atoms with Gasteiger partial charge in [-0.15, -0.1) is 0 Å². The van der Waals surface area contributed by atoms with Gasteiger partial charge in [-0.3, -0.25) is 9.97 Å². The van der Waals surface area contributed by atoms with Crippen LogP contribution in [-0.4, -0.2) is 26.1 Å². The molecule has 1 aromatic carbocycles. The van der Waals surface area contributed by atoms with Gasteiger partial charge in [0.25, 0.3) is 0 Å². The van der Waals surface area contributed by atoms with Crippen LogP contribution >= 0.6 is 11.5 Å². The summed E-state index contributed by atoms with van der Waals surface area (Å²) in [6.45, 7) is 2.15. The molecule has 0 atom stereocenters. The van der Waals surface area contributed by atoms with Gasteiger partial charge in [-0.25, -0.2) is 9.36 Å². The average molecular weight is 348 g/mol. The average Bonchev–Trinajstić information content (AvgIpc) is 3.31. The van der Waals surface area contributed by atoms with Crippen molar-refractivity contribution in [3.8, 4) is 34.0 Å². The van der Waals surface area contributed by atoms with Gasteiger partial charge in [0.05, 0.1) is 35.0 Å². The van der Waals surface area contributed by atoms with Crippen LogP contribution in [0.15, 0.2) is 42.2 Å². The largest absolute Gasteiger partial charge is 0.454 e. The first kappa shape index (κ1) is 14.3. The van der Waals surface area contributed by atoms with Crippen molar-refractivity contribution in [1.29, 1.82) is 0 Å². The van der Waals surface area contributed by atoms with Crippen LogP contribution in [0, 0.1) is 6.92 Å². The summed E-state index contributed by atoms with van der Waals surface area (Å²) in [5.41, 5.74) is 5.27. The van der Waals surface area contributed by atoms with E-state index >= 15 is 0 Å². The lowest BCUT2D eigenvalue weighted by atomic mass is 10.0. The molecule has 0 aliphatic carbocycles. The highest BCUT2D eigenvalue weighted by atomic mass is 32.1. The number of nitrogens with zero attached hydrogens (tertiary/aromatic N) is 4. The number of benzene rings is 1. The Kier molecular flexibility index (Phi) is 3.14. The van der Waals surface area contributed by atoms with E-state index in [0.717, 1.165) is 44.9 Å². The van der Waals surface area contributed by atoms with E-state index in [9.17, 15) is 0 Å². The maximum atomic E-state index is 5.52. The normalized spacial score (nSPS) is 12.7. The fourth-order valence-electron chi connectivity index (χ4n) is 2.84. The topological polar surface area (TPSA) is 70.0 Å². The van der Waals surface area contributed by atoms with Gasteiger partial charge in [-0.2, -0.15) is 0 Å². The molecule has 5 rings (SSSR count). The van der Waals surface area contributed by atoms with Crippen molar-refractivity contribution in [2.75, 3.05) is 6.79 Å². The first-order valence-corrected chi connectivity index (χ1v) is 8.55. The molecule has 0 N–H and O–H groups in total. The SMILES string of the molecule is Cc1cnc(-c2cc(-c3cnsc3)nc3cc4c(cc23)OCO4)cn1. The van der Waals surface area contributed by atoms with E-state index in [1.54, 1.807) is 12.4 Å². The van der Waals surface area contributed by atoms with Crippen molar-refractivity contribution in [2.45, 2.75) is 6.92 Å². The Labute approximate surface area is 147 Å². The van der Waals surface area contributed by atoms with Crippen LogP contribution < -0.4 is 9.47 Å². The molecular weight excluding hydrogens is 336 g/mol. The van der Waals surface area contributed by atoms with E-state index in [2.05, 4.69) is 14.3 Å². The molecule has 3 aromatic heterocycles. The lowest BCUT2D eigenvalue weighted by molar-refractivity contribution is 0.174. The van der Waals surface area contributed by atoms with Crippen molar-refractivity contribution < 1.29 is 9.47 Å². The molecule has 25 heavy (non-hydrogen) atoms. The molecule has 4 aromatic rings. The van der Waals surface area contributed by atoms with Crippen LogP contribution in [0.3, 0.4) is 0 Å². The minimum Gasteiger partial charge on any atom is -0.454 e. The number of aromatic nitrogens is 4. The second-order valence-corrected chi connectivity index (χ2v) is 6.39. The molecule has 4 heterocycles. The summed E-state index contributed by atoms with van der Waals surface area (Å²) in [5, 5.41) is 2.93. The van der Waals surface area contributed by atoms with E-state index in [0.29, 0.717) is 5.75 Å². The van der Waals surface area contributed by atoms with E-state index in [4.69, 9.17) is 14.5 Å². The van der Waals surface area contributed by atoms with Gasteiger partial charge in [-0.05, 0) is 30.6 Å². The van der Waals surface area contributed by atoms with E-state index in [-0.39, 0.29) is 6.79 Å². The molecule has 0 amide bonds. The molecule has 0 spiro atoms. The molecule has 0 saturated carbocycles. The van der Waals surface area contributed by atoms with Crippen LogP contribution in [0.1, 0.15) is 5.69 Å². The standard InChI is InChI=1S/C18H12N4O2S/c1-10-5-20-16(7-19-10)12-2-14(11-6-21-25-8-11)22-15-4-18-17(3-13(12)15)23-9-24-18/h2-8H,9H2,1H3. The minimum absolute atomic E-state index is 0.229. The van der Waals surface area contributed by atoms with Gasteiger partial charge in [0, 0.05) is 34.2 Å². The molecule has 0 unspecified atom stereocenters. The first-order valence-electron chi connectivity index (χ1n) is 7.71. The second-order valence-electron chi connectivity index (χ2n) is 5.73. The number of fused-ring (bicyclic) bond motifs is 2. The number of aryl methyl sites for hydroxylation is 1. The van der Waals surface area contributed by atoms with Crippen molar-refractivity contribution in [2.24, 2.45) is 0 Å². The van der Waals surface area contributed by atoms with Crippen LogP contribution in [0.25, 0.3) is 33.4 Å². The zero-order valence-corrected chi connectivity index (χ0v) is 14.1. The van der Waals surface area contributed by atoms with Gasteiger partial charge in [-0.1, -0.05) is 0 Å². The Morgan fingerprint density at radius 1 is 0.960 bits per heavy atom. The predicted molar refractivity (Wildman–Crippen MR) is 94.7 cm³/mol. The van der Waals surface area contributed by atoms with E-state index in [1.807, 2.05) is 36.7 Å². The van der Waals surface area contributed by atoms with Crippen molar-refractivity contribution >= 4 is 22.4 Å². The van der Waals surface area contributed by atoms with Gasteiger partial charge in [0.2, 0.25) is 6.79 Å².